The summed E-state index contributed by atoms with van der Waals surface area (Å²) in [7, 11) is 0. The second-order valence-corrected chi connectivity index (χ2v) is 4.19. The monoisotopic (exact) mass is 238 g/mol. The third-order valence-corrected chi connectivity index (χ3v) is 2.34. The molecule has 0 unspecified atom stereocenters. The molecule has 0 radical (unpaired) electrons. The molecule has 2 aromatic rings. The first kappa shape index (κ1) is 11.4. The van der Waals surface area contributed by atoms with Crippen molar-refractivity contribution in [2.75, 3.05) is 6.61 Å². The Bertz CT molecular complexity index is 622. The fraction of sp³-hybridized carbons (Fsp3) is 0.500. The van der Waals surface area contributed by atoms with Crippen LogP contribution in [0.5, 0.6) is 0 Å². The summed E-state index contributed by atoms with van der Waals surface area (Å²) in [5.41, 5.74) is -0.650. The summed E-state index contributed by atoms with van der Waals surface area (Å²) in [6.45, 7) is 4.67. The Kier molecular flexibility index (Phi) is 2.99. The molecule has 0 saturated heterocycles. The zero-order valence-corrected chi connectivity index (χ0v) is 9.69. The van der Waals surface area contributed by atoms with Gasteiger partial charge in [0.25, 0.3) is 5.56 Å². The normalized spacial score (nSPS) is 11.2. The van der Waals surface area contributed by atoms with Gasteiger partial charge in [-0.1, -0.05) is 13.8 Å². The SMILES string of the molecule is CC(C)CCOn1cnc2c(=O)[nH]c(=O)[nH]c21. The Morgan fingerprint density at radius 3 is 2.88 bits per heavy atom. The van der Waals surface area contributed by atoms with E-state index in [9.17, 15) is 9.59 Å². The van der Waals surface area contributed by atoms with Crippen LogP contribution in [0.25, 0.3) is 11.2 Å². The molecule has 2 heterocycles. The molecule has 0 aromatic carbocycles. The van der Waals surface area contributed by atoms with Crippen LogP contribution in [0.3, 0.4) is 0 Å². The number of hydrogen-bond acceptors (Lipinski definition) is 4. The number of H-pyrrole nitrogens is 2. The number of hydrogen-bond donors (Lipinski definition) is 2. The van der Waals surface area contributed by atoms with Gasteiger partial charge in [-0.15, -0.1) is 0 Å². The maximum atomic E-state index is 11.4. The quantitative estimate of drug-likeness (QED) is 0.777. The largest absolute Gasteiger partial charge is 0.411 e. The van der Waals surface area contributed by atoms with E-state index in [0.717, 1.165) is 6.42 Å². The molecule has 0 saturated carbocycles. The molecule has 2 N–H and O–H groups in total. The summed E-state index contributed by atoms with van der Waals surface area (Å²) in [6, 6.07) is 0. The van der Waals surface area contributed by atoms with Crippen LogP contribution in [0, 0.1) is 5.92 Å². The van der Waals surface area contributed by atoms with E-state index in [2.05, 4.69) is 28.8 Å². The van der Waals surface area contributed by atoms with E-state index in [-0.39, 0.29) is 11.2 Å². The fourth-order valence-corrected chi connectivity index (χ4v) is 1.40. The molecule has 7 nitrogen and oxygen atoms in total. The van der Waals surface area contributed by atoms with E-state index < -0.39 is 11.2 Å². The second kappa shape index (κ2) is 4.44. The molecule has 0 fully saturated rings. The molecule has 0 bridgehead atoms. The zero-order chi connectivity index (χ0) is 12.4. The van der Waals surface area contributed by atoms with Gasteiger partial charge in [-0.25, -0.2) is 9.78 Å². The minimum Gasteiger partial charge on any atom is -0.411 e. The Morgan fingerprint density at radius 1 is 1.41 bits per heavy atom. The van der Waals surface area contributed by atoms with Crippen molar-refractivity contribution in [3.8, 4) is 0 Å². The first-order valence-electron chi connectivity index (χ1n) is 5.41. The third-order valence-electron chi connectivity index (χ3n) is 2.34. The lowest BCUT2D eigenvalue weighted by Gasteiger charge is -2.08. The Balaban J connectivity index is 2.30. The molecule has 0 aliphatic heterocycles. The maximum absolute atomic E-state index is 11.4. The van der Waals surface area contributed by atoms with Gasteiger partial charge in [-0.2, -0.15) is 4.73 Å². The lowest BCUT2D eigenvalue weighted by Crippen LogP contribution is -2.24. The number of imidazole rings is 1. The molecule has 0 aliphatic carbocycles. The van der Waals surface area contributed by atoms with Gasteiger partial charge in [0.2, 0.25) is 0 Å². The molecule has 0 amide bonds. The molecule has 0 aliphatic rings. The summed E-state index contributed by atoms with van der Waals surface area (Å²) in [4.78, 5) is 36.4. The smallest absolute Gasteiger partial charge is 0.327 e. The lowest BCUT2D eigenvalue weighted by atomic mass is 10.1. The van der Waals surface area contributed by atoms with E-state index in [1.54, 1.807) is 0 Å². The molecular weight excluding hydrogens is 224 g/mol. The summed E-state index contributed by atoms with van der Waals surface area (Å²) in [5.74, 6) is 0.521. The third kappa shape index (κ3) is 2.38. The molecule has 92 valence electrons. The van der Waals surface area contributed by atoms with E-state index in [4.69, 9.17) is 4.84 Å². The fourth-order valence-electron chi connectivity index (χ4n) is 1.40. The molecule has 0 spiro atoms. The average molecular weight is 238 g/mol. The molecule has 2 rings (SSSR count). The number of fused-ring (bicyclic) bond motifs is 1. The van der Waals surface area contributed by atoms with Crippen LogP contribution in [0.15, 0.2) is 15.9 Å². The summed E-state index contributed by atoms with van der Waals surface area (Å²) < 4.78 is 1.31. The van der Waals surface area contributed by atoms with Crippen molar-refractivity contribution in [1.29, 1.82) is 0 Å². The molecule has 0 atom stereocenters. The van der Waals surface area contributed by atoms with Crippen LogP contribution in [0.1, 0.15) is 20.3 Å². The van der Waals surface area contributed by atoms with Crippen molar-refractivity contribution in [3.63, 3.8) is 0 Å². The van der Waals surface area contributed by atoms with E-state index in [1.807, 2.05) is 0 Å². The van der Waals surface area contributed by atoms with Crippen molar-refractivity contribution in [3.05, 3.63) is 27.2 Å². The highest BCUT2D eigenvalue weighted by Crippen LogP contribution is 2.02. The molecule has 17 heavy (non-hydrogen) atoms. The Hall–Kier alpha value is -2.05. The van der Waals surface area contributed by atoms with Crippen molar-refractivity contribution < 1.29 is 4.84 Å². The lowest BCUT2D eigenvalue weighted by molar-refractivity contribution is 0.108. The standard InChI is InChI=1S/C10H14N4O3/c1-6(2)3-4-17-14-5-11-7-8(14)12-10(16)13-9(7)15/h5-6H,3-4H2,1-2H3,(H2,12,13,15,16). The summed E-state index contributed by atoms with van der Waals surface area (Å²) in [5, 5.41) is 0. The highest BCUT2D eigenvalue weighted by atomic mass is 16.7. The first-order chi connectivity index (χ1) is 8.08. The minimum atomic E-state index is -0.572. The predicted octanol–water partition coefficient (Wildman–Crippen LogP) is -0.112. The van der Waals surface area contributed by atoms with Crippen LogP contribution < -0.4 is 16.1 Å². The topological polar surface area (TPSA) is 92.8 Å². The predicted molar refractivity (Wildman–Crippen MR) is 61.9 cm³/mol. The van der Waals surface area contributed by atoms with Crippen molar-refractivity contribution >= 4 is 11.2 Å². The summed E-state index contributed by atoms with van der Waals surface area (Å²) >= 11 is 0. The second-order valence-electron chi connectivity index (χ2n) is 4.19. The number of nitrogens with one attached hydrogen (secondary N) is 2. The number of nitrogens with zero attached hydrogens (tertiary/aromatic N) is 2. The molecule has 7 heteroatoms. The van der Waals surface area contributed by atoms with Gasteiger partial charge < -0.3 is 4.84 Å². The van der Waals surface area contributed by atoms with Gasteiger partial charge in [-0.3, -0.25) is 14.8 Å². The summed E-state index contributed by atoms with van der Waals surface area (Å²) in [6.07, 6.45) is 2.25. The van der Waals surface area contributed by atoms with Crippen LogP contribution in [0.4, 0.5) is 0 Å². The number of aromatic nitrogens is 4. The minimum absolute atomic E-state index is 0.161. The van der Waals surface area contributed by atoms with Gasteiger partial charge in [-0.05, 0) is 12.3 Å². The molecule has 2 aromatic heterocycles. The number of aromatic amines is 2. The highest BCUT2D eigenvalue weighted by Gasteiger charge is 2.08. The average Bonchev–Trinajstić information content (AvgIpc) is 2.61. The van der Waals surface area contributed by atoms with Crippen LogP contribution >= 0.6 is 0 Å². The van der Waals surface area contributed by atoms with Gasteiger partial charge in [0.05, 0.1) is 0 Å². The van der Waals surface area contributed by atoms with Gasteiger partial charge in [0, 0.05) is 0 Å². The van der Waals surface area contributed by atoms with Gasteiger partial charge in [0.1, 0.15) is 12.9 Å². The molecular formula is C10H14N4O3. The number of rotatable bonds is 4. The zero-order valence-electron chi connectivity index (χ0n) is 9.69. The maximum Gasteiger partial charge on any atom is 0.327 e. The van der Waals surface area contributed by atoms with E-state index in [1.165, 1.54) is 11.1 Å². The van der Waals surface area contributed by atoms with Crippen molar-refractivity contribution in [2.24, 2.45) is 5.92 Å². The van der Waals surface area contributed by atoms with Crippen LogP contribution in [0.2, 0.25) is 0 Å². The van der Waals surface area contributed by atoms with Crippen LogP contribution in [-0.2, 0) is 0 Å². The Labute approximate surface area is 96.4 Å². The van der Waals surface area contributed by atoms with E-state index in [0.29, 0.717) is 12.5 Å². The Morgan fingerprint density at radius 2 is 2.18 bits per heavy atom. The van der Waals surface area contributed by atoms with E-state index >= 15 is 0 Å². The van der Waals surface area contributed by atoms with Crippen molar-refractivity contribution in [1.82, 2.24) is 19.7 Å². The van der Waals surface area contributed by atoms with Crippen molar-refractivity contribution in [2.45, 2.75) is 20.3 Å². The highest BCUT2D eigenvalue weighted by molar-refractivity contribution is 5.68. The van der Waals surface area contributed by atoms with Gasteiger partial charge >= 0.3 is 5.69 Å². The van der Waals surface area contributed by atoms with Gasteiger partial charge in [0.15, 0.2) is 11.2 Å². The first-order valence-corrected chi connectivity index (χ1v) is 5.41. The van der Waals surface area contributed by atoms with Crippen LogP contribution in [-0.4, -0.2) is 26.3 Å².